The number of anilines is 2. The van der Waals surface area contributed by atoms with Gasteiger partial charge in [-0.1, -0.05) is 25.1 Å². The minimum Gasteiger partial charge on any atom is -0.497 e. The number of nitrogens with zero attached hydrogens (tertiary/aromatic N) is 1. The minimum atomic E-state index is -0.0411. The lowest BCUT2D eigenvalue weighted by atomic mass is 9.97. The fourth-order valence-corrected chi connectivity index (χ4v) is 3.32. The quantitative estimate of drug-likeness (QED) is 0.892. The van der Waals surface area contributed by atoms with Crippen molar-refractivity contribution in [3.63, 3.8) is 0 Å². The van der Waals surface area contributed by atoms with Crippen molar-refractivity contribution in [2.75, 3.05) is 23.9 Å². The predicted octanol–water partition coefficient (Wildman–Crippen LogP) is 3.74. The second-order valence-corrected chi connectivity index (χ2v) is 6.69. The lowest BCUT2D eigenvalue weighted by Gasteiger charge is -2.16. The zero-order valence-corrected chi connectivity index (χ0v) is 15.4. The van der Waals surface area contributed by atoms with Crippen molar-refractivity contribution < 1.29 is 14.3 Å². The predicted molar refractivity (Wildman–Crippen MR) is 103 cm³/mol. The van der Waals surface area contributed by atoms with E-state index in [0.29, 0.717) is 13.0 Å². The van der Waals surface area contributed by atoms with Crippen LogP contribution in [0.4, 0.5) is 11.4 Å². The lowest BCUT2D eigenvalue weighted by molar-refractivity contribution is -0.117. The number of nitrogens with one attached hydrogen (secondary N) is 1. The maximum Gasteiger partial charge on any atom is 0.224 e. The van der Waals surface area contributed by atoms with Gasteiger partial charge < -0.3 is 15.0 Å². The van der Waals surface area contributed by atoms with Crippen molar-refractivity contribution in [3.8, 4) is 5.75 Å². The van der Waals surface area contributed by atoms with E-state index in [0.717, 1.165) is 34.7 Å². The van der Waals surface area contributed by atoms with E-state index in [-0.39, 0.29) is 17.7 Å². The molecule has 2 aromatic carbocycles. The van der Waals surface area contributed by atoms with Crippen LogP contribution in [0.1, 0.15) is 37.3 Å². The molecule has 1 aliphatic rings. The number of hydrogen-bond donors (Lipinski definition) is 1. The van der Waals surface area contributed by atoms with Gasteiger partial charge in [-0.3, -0.25) is 9.59 Å². The summed E-state index contributed by atoms with van der Waals surface area (Å²) in [5, 5.41) is 2.95. The highest BCUT2D eigenvalue weighted by atomic mass is 16.5. The van der Waals surface area contributed by atoms with Crippen LogP contribution in [0.2, 0.25) is 0 Å². The van der Waals surface area contributed by atoms with E-state index in [4.69, 9.17) is 4.74 Å². The van der Waals surface area contributed by atoms with Crippen LogP contribution in [0.25, 0.3) is 0 Å². The molecule has 1 atom stereocenters. The Morgan fingerprint density at radius 1 is 1.19 bits per heavy atom. The smallest absolute Gasteiger partial charge is 0.224 e. The summed E-state index contributed by atoms with van der Waals surface area (Å²) < 4.78 is 5.16. The van der Waals surface area contributed by atoms with Gasteiger partial charge in [0.25, 0.3) is 0 Å². The Morgan fingerprint density at radius 2 is 1.92 bits per heavy atom. The Hall–Kier alpha value is -2.82. The monoisotopic (exact) mass is 352 g/mol. The molecular formula is C21H24N2O3. The molecule has 0 bridgehead atoms. The first kappa shape index (κ1) is 18.0. The second-order valence-electron chi connectivity index (χ2n) is 6.69. The summed E-state index contributed by atoms with van der Waals surface area (Å²) in [6.45, 7) is 4.30. The number of fused-ring (bicyclic) bond motifs is 1. The van der Waals surface area contributed by atoms with Gasteiger partial charge in [-0.2, -0.15) is 0 Å². The van der Waals surface area contributed by atoms with Crippen molar-refractivity contribution in [2.24, 2.45) is 0 Å². The number of carbonyl (C=O) groups excluding carboxylic acids is 2. The summed E-state index contributed by atoms with van der Waals surface area (Å²) in [7, 11) is 1.63. The van der Waals surface area contributed by atoms with Crippen LogP contribution in [-0.2, 0) is 16.0 Å². The van der Waals surface area contributed by atoms with Crippen LogP contribution in [0, 0.1) is 0 Å². The standard InChI is InChI=1S/C21H24N2O3/c1-14(16-5-8-19(26-3)9-6-16)12-21(25)22-18-7-4-17-10-11-23(15(2)24)20(17)13-18/h4-9,13-14H,10-12H2,1-3H3,(H,22,25). The summed E-state index contributed by atoms with van der Waals surface area (Å²) in [5.74, 6) is 0.892. The van der Waals surface area contributed by atoms with Crippen LogP contribution in [0.3, 0.4) is 0 Å². The maximum atomic E-state index is 12.4. The van der Waals surface area contributed by atoms with Crippen LogP contribution < -0.4 is 15.0 Å². The van der Waals surface area contributed by atoms with Gasteiger partial charge in [0.05, 0.1) is 7.11 Å². The largest absolute Gasteiger partial charge is 0.497 e. The molecule has 0 radical (unpaired) electrons. The third-order valence-electron chi connectivity index (χ3n) is 4.82. The zero-order valence-electron chi connectivity index (χ0n) is 15.4. The second kappa shape index (κ2) is 7.60. The molecule has 1 aliphatic heterocycles. The van der Waals surface area contributed by atoms with E-state index < -0.39 is 0 Å². The third-order valence-corrected chi connectivity index (χ3v) is 4.82. The van der Waals surface area contributed by atoms with Crippen molar-refractivity contribution in [3.05, 3.63) is 53.6 Å². The fraction of sp³-hybridized carbons (Fsp3) is 0.333. The molecule has 2 amide bonds. The highest BCUT2D eigenvalue weighted by molar-refractivity contribution is 5.96. The van der Waals surface area contributed by atoms with Crippen molar-refractivity contribution in [1.82, 2.24) is 0 Å². The summed E-state index contributed by atoms with van der Waals surface area (Å²) >= 11 is 0. The molecule has 1 N–H and O–H groups in total. The fourth-order valence-electron chi connectivity index (χ4n) is 3.32. The Labute approximate surface area is 154 Å². The number of ether oxygens (including phenoxy) is 1. The van der Waals surface area contributed by atoms with Gasteiger partial charge in [0, 0.05) is 31.3 Å². The Balaban J connectivity index is 1.64. The molecule has 5 nitrogen and oxygen atoms in total. The first-order chi connectivity index (χ1) is 12.5. The summed E-state index contributed by atoms with van der Waals surface area (Å²) in [5.41, 5.74) is 3.87. The lowest BCUT2D eigenvalue weighted by Crippen LogP contribution is -2.25. The molecule has 0 spiro atoms. The van der Waals surface area contributed by atoms with E-state index >= 15 is 0 Å². The highest BCUT2D eigenvalue weighted by Gasteiger charge is 2.22. The van der Waals surface area contributed by atoms with Gasteiger partial charge in [0.1, 0.15) is 5.75 Å². The topological polar surface area (TPSA) is 58.6 Å². The van der Waals surface area contributed by atoms with E-state index in [9.17, 15) is 9.59 Å². The van der Waals surface area contributed by atoms with Crippen molar-refractivity contribution in [2.45, 2.75) is 32.6 Å². The summed E-state index contributed by atoms with van der Waals surface area (Å²) in [6.07, 6.45) is 1.25. The number of amides is 2. The molecule has 1 unspecified atom stereocenters. The number of benzene rings is 2. The van der Waals surface area contributed by atoms with Gasteiger partial charge in [-0.25, -0.2) is 0 Å². The molecule has 136 valence electrons. The SMILES string of the molecule is COc1ccc(C(C)CC(=O)Nc2ccc3c(c2)N(C(C)=O)CC3)cc1. The average molecular weight is 352 g/mol. The first-order valence-corrected chi connectivity index (χ1v) is 8.82. The van der Waals surface area contributed by atoms with Gasteiger partial charge in [0.2, 0.25) is 11.8 Å². The molecule has 0 saturated heterocycles. The number of rotatable bonds is 5. The van der Waals surface area contributed by atoms with E-state index in [2.05, 4.69) is 5.32 Å². The van der Waals surface area contributed by atoms with Crippen molar-refractivity contribution >= 4 is 23.2 Å². The molecule has 26 heavy (non-hydrogen) atoms. The normalized spacial score (nSPS) is 13.9. The Morgan fingerprint density at radius 3 is 2.58 bits per heavy atom. The van der Waals surface area contributed by atoms with Crippen molar-refractivity contribution in [1.29, 1.82) is 0 Å². The number of hydrogen-bond acceptors (Lipinski definition) is 3. The molecule has 2 aromatic rings. The molecule has 3 rings (SSSR count). The van der Waals surface area contributed by atoms with E-state index in [1.54, 1.807) is 18.9 Å². The Kier molecular flexibility index (Phi) is 5.26. The van der Waals surface area contributed by atoms with Crippen LogP contribution in [0.15, 0.2) is 42.5 Å². The van der Waals surface area contributed by atoms with Gasteiger partial charge in [-0.15, -0.1) is 0 Å². The van der Waals surface area contributed by atoms with E-state index in [1.165, 1.54) is 0 Å². The summed E-state index contributed by atoms with van der Waals surface area (Å²) in [4.78, 5) is 25.9. The molecule has 0 saturated carbocycles. The first-order valence-electron chi connectivity index (χ1n) is 8.82. The molecule has 0 aromatic heterocycles. The molecule has 0 fully saturated rings. The van der Waals surface area contributed by atoms with Crippen LogP contribution >= 0.6 is 0 Å². The summed E-state index contributed by atoms with van der Waals surface area (Å²) in [6, 6.07) is 13.5. The van der Waals surface area contributed by atoms with Gasteiger partial charge in [-0.05, 0) is 47.7 Å². The minimum absolute atomic E-state index is 0.0281. The van der Waals surface area contributed by atoms with Crippen LogP contribution in [0.5, 0.6) is 5.75 Å². The van der Waals surface area contributed by atoms with E-state index in [1.807, 2.05) is 49.4 Å². The Bertz CT molecular complexity index is 815. The molecule has 5 heteroatoms. The van der Waals surface area contributed by atoms with Crippen LogP contribution in [-0.4, -0.2) is 25.5 Å². The molecular weight excluding hydrogens is 328 g/mol. The van der Waals surface area contributed by atoms with Gasteiger partial charge >= 0.3 is 0 Å². The van der Waals surface area contributed by atoms with Gasteiger partial charge in [0.15, 0.2) is 0 Å². The third kappa shape index (κ3) is 3.87. The number of carbonyl (C=O) groups is 2. The zero-order chi connectivity index (χ0) is 18.7. The molecule has 1 heterocycles. The number of methoxy groups -OCH3 is 1. The maximum absolute atomic E-state index is 12.4. The average Bonchev–Trinajstić information content (AvgIpc) is 3.05. The highest BCUT2D eigenvalue weighted by Crippen LogP contribution is 2.31. The molecule has 0 aliphatic carbocycles.